The van der Waals surface area contributed by atoms with Crippen LogP contribution in [0.1, 0.15) is 17.9 Å². The number of carbonyl (C=O) groups excluding carboxylic acids is 1. The van der Waals surface area contributed by atoms with Crippen molar-refractivity contribution in [2.24, 2.45) is 0 Å². The molecule has 128 valence electrons. The lowest BCUT2D eigenvalue weighted by molar-refractivity contribution is -0.121. The highest BCUT2D eigenvalue weighted by Gasteiger charge is 2.09. The lowest BCUT2D eigenvalue weighted by atomic mass is 10.2. The van der Waals surface area contributed by atoms with Gasteiger partial charge in [0.2, 0.25) is 5.91 Å². The molecule has 0 saturated carbocycles. The summed E-state index contributed by atoms with van der Waals surface area (Å²) in [5.41, 5.74) is 1.78. The largest absolute Gasteiger partial charge is 0.441 e. The van der Waals surface area contributed by atoms with Gasteiger partial charge in [0.1, 0.15) is 5.82 Å². The number of oxazole rings is 1. The quantitative estimate of drug-likeness (QED) is 0.660. The molecule has 1 N–H and O–H groups in total. The molecule has 0 fully saturated rings. The maximum absolute atomic E-state index is 12.8. The highest BCUT2D eigenvalue weighted by atomic mass is 79.9. The maximum atomic E-state index is 12.8. The number of carbonyl (C=O) groups is 1. The zero-order chi connectivity index (χ0) is 17.6. The highest BCUT2D eigenvalue weighted by molar-refractivity contribution is 9.10. The Morgan fingerprint density at radius 2 is 1.84 bits per heavy atom. The normalized spacial score (nSPS) is 10.6. The van der Waals surface area contributed by atoms with E-state index in [1.807, 2.05) is 24.3 Å². The third kappa shape index (κ3) is 5.00. The Morgan fingerprint density at radius 1 is 1.12 bits per heavy atom. The molecule has 0 saturated heterocycles. The van der Waals surface area contributed by atoms with Crippen molar-refractivity contribution in [2.45, 2.75) is 19.4 Å². The molecule has 0 spiro atoms. The summed E-state index contributed by atoms with van der Waals surface area (Å²) in [5.74, 6) is 0.803. The van der Waals surface area contributed by atoms with Crippen LogP contribution in [-0.2, 0) is 17.8 Å². The lowest BCUT2D eigenvalue weighted by Crippen LogP contribution is -2.23. The van der Waals surface area contributed by atoms with Gasteiger partial charge < -0.3 is 9.73 Å². The van der Waals surface area contributed by atoms with Crippen molar-refractivity contribution in [3.05, 3.63) is 76.5 Å². The molecule has 1 heterocycles. The van der Waals surface area contributed by atoms with Crippen LogP contribution >= 0.6 is 15.9 Å². The molecule has 3 aromatic rings. The number of benzene rings is 2. The van der Waals surface area contributed by atoms with E-state index in [4.69, 9.17) is 4.42 Å². The summed E-state index contributed by atoms with van der Waals surface area (Å²) in [6.45, 7) is 0.370. The van der Waals surface area contributed by atoms with E-state index in [9.17, 15) is 9.18 Å². The molecule has 4 nitrogen and oxygen atoms in total. The summed E-state index contributed by atoms with van der Waals surface area (Å²) in [7, 11) is 0. The van der Waals surface area contributed by atoms with Gasteiger partial charge in [0.15, 0.2) is 11.7 Å². The van der Waals surface area contributed by atoms with Gasteiger partial charge in [-0.3, -0.25) is 4.79 Å². The van der Waals surface area contributed by atoms with Gasteiger partial charge in [-0.2, -0.15) is 0 Å². The first-order chi connectivity index (χ1) is 12.1. The fraction of sp³-hybridized carbons (Fsp3) is 0.158. The number of hydrogen-bond acceptors (Lipinski definition) is 3. The number of aryl methyl sites for hydroxylation is 1. The third-order valence-electron chi connectivity index (χ3n) is 3.65. The van der Waals surface area contributed by atoms with Gasteiger partial charge in [0.05, 0.1) is 6.20 Å². The van der Waals surface area contributed by atoms with Gasteiger partial charge in [-0.15, -0.1) is 0 Å². The second kappa shape index (κ2) is 8.07. The zero-order valence-corrected chi connectivity index (χ0v) is 14.9. The van der Waals surface area contributed by atoms with Crippen LogP contribution in [0.4, 0.5) is 4.39 Å². The molecule has 1 aromatic heterocycles. The number of hydrogen-bond donors (Lipinski definition) is 1. The second-order valence-corrected chi connectivity index (χ2v) is 6.44. The minimum Gasteiger partial charge on any atom is -0.441 e. The number of nitrogens with zero attached hydrogens (tertiary/aromatic N) is 1. The van der Waals surface area contributed by atoms with E-state index >= 15 is 0 Å². The standard InChI is InChI=1S/C19H16BrFN2O2/c20-15-5-3-14(4-6-15)17-12-23-19(25-17)10-9-18(24)22-11-13-1-7-16(21)8-2-13/h1-8,12H,9-11H2,(H,22,24). The van der Waals surface area contributed by atoms with Gasteiger partial charge >= 0.3 is 0 Å². The summed E-state index contributed by atoms with van der Waals surface area (Å²) in [4.78, 5) is 16.1. The minimum absolute atomic E-state index is 0.104. The SMILES string of the molecule is O=C(CCc1ncc(-c2ccc(Br)cc2)o1)NCc1ccc(F)cc1. The molecule has 0 unspecified atom stereocenters. The van der Waals surface area contributed by atoms with Crippen molar-refractivity contribution in [1.29, 1.82) is 0 Å². The third-order valence-corrected chi connectivity index (χ3v) is 4.18. The summed E-state index contributed by atoms with van der Waals surface area (Å²) in [6.07, 6.45) is 2.36. The molecule has 0 radical (unpaired) electrons. The minimum atomic E-state index is -0.291. The Balaban J connectivity index is 1.49. The van der Waals surface area contributed by atoms with Crippen LogP contribution in [0.3, 0.4) is 0 Å². The van der Waals surface area contributed by atoms with Crippen molar-refractivity contribution < 1.29 is 13.6 Å². The Hall–Kier alpha value is -2.47. The molecule has 1 amide bonds. The van der Waals surface area contributed by atoms with E-state index < -0.39 is 0 Å². The Kier molecular flexibility index (Phi) is 5.60. The fourth-order valence-electron chi connectivity index (χ4n) is 2.29. The van der Waals surface area contributed by atoms with Crippen LogP contribution in [0.15, 0.2) is 63.6 Å². The molecule has 0 aliphatic heterocycles. The van der Waals surface area contributed by atoms with Crippen molar-refractivity contribution in [1.82, 2.24) is 10.3 Å². The molecule has 0 atom stereocenters. The predicted octanol–water partition coefficient (Wildman–Crippen LogP) is 4.49. The second-order valence-electron chi connectivity index (χ2n) is 5.53. The number of rotatable bonds is 6. The number of aromatic nitrogens is 1. The molecule has 2 aromatic carbocycles. The van der Waals surface area contributed by atoms with E-state index in [0.717, 1.165) is 15.6 Å². The van der Waals surface area contributed by atoms with Gasteiger partial charge in [-0.25, -0.2) is 9.37 Å². The zero-order valence-electron chi connectivity index (χ0n) is 13.3. The number of halogens is 2. The van der Waals surface area contributed by atoms with Crippen LogP contribution < -0.4 is 5.32 Å². The maximum Gasteiger partial charge on any atom is 0.220 e. The lowest BCUT2D eigenvalue weighted by Gasteiger charge is -2.04. The van der Waals surface area contributed by atoms with E-state index in [1.54, 1.807) is 18.3 Å². The number of amides is 1. The predicted molar refractivity (Wildman–Crippen MR) is 96.2 cm³/mol. The first-order valence-corrected chi connectivity index (χ1v) is 8.61. The average molecular weight is 403 g/mol. The smallest absolute Gasteiger partial charge is 0.220 e. The fourth-order valence-corrected chi connectivity index (χ4v) is 2.55. The first kappa shape index (κ1) is 17.4. The Bertz CT molecular complexity index is 845. The van der Waals surface area contributed by atoms with Crippen LogP contribution in [0.2, 0.25) is 0 Å². The summed E-state index contributed by atoms with van der Waals surface area (Å²) in [5, 5.41) is 2.80. The van der Waals surface area contributed by atoms with E-state index in [1.165, 1.54) is 12.1 Å². The van der Waals surface area contributed by atoms with E-state index in [2.05, 4.69) is 26.2 Å². The molecule has 3 rings (SSSR count). The monoisotopic (exact) mass is 402 g/mol. The number of nitrogens with one attached hydrogen (secondary N) is 1. The van der Waals surface area contributed by atoms with Crippen molar-refractivity contribution in [2.75, 3.05) is 0 Å². The molecule has 0 aliphatic rings. The molecule has 0 bridgehead atoms. The average Bonchev–Trinajstić information content (AvgIpc) is 3.09. The molecule has 0 aliphatic carbocycles. The van der Waals surface area contributed by atoms with Gasteiger partial charge in [-0.05, 0) is 29.8 Å². The molecule has 25 heavy (non-hydrogen) atoms. The van der Waals surface area contributed by atoms with Crippen molar-refractivity contribution >= 4 is 21.8 Å². The van der Waals surface area contributed by atoms with Gasteiger partial charge in [-0.1, -0.05) is 40.2 Å². The highest BCUT2D eigenvalue weighted by Crippen LogP contribution is 2.22. The van der Waals surface area contributed by atoms with Gasteiger partial charge in [0, 0.05) is 29.4 Å². The van der Waals surface area contributed by atoms with E-state index in [0.29, 0.717) is 24.6 Å². The molecule has 6 heteroatoms. The van der Waals surface area contributed by atoms with Crippen LogP contribution in [0, 0.1) is 5.82 Å². The molecular weight excluding hydrogens is 387 g/mol. The summed E-state index contributed by atoms with van der Waals surface area (Å²) in [6, 6.07) is 13.8. The van der Waals surface area contributed by atoms with Crippen molar-refractivity contribution in [3.8, 4) is 11.3 Å². The van der Waals surface area contributed by atoms with Gasteiger partial charge in [0.25, 0.3) is 0 Å². The Morgan fingerprint density at radius 3 is 2.56 bits per heavy atom. The van der Waals surface area contributed by atoms with Crippen LogP contribution in [-0.4, -0.2) is 10.9 Å². The van der Waals surface area contributed by atoms with Crippen LogP contribution in [0.25, 0.3) is 11.3 Å². The van der Waals surface area contributed by atoms with E-state index in [-0.39, 0.29) is 18.1 Å². The van der Waals surface area contributed by atoms with Crippen molar-refractivity contribution in [3.63, 3.8) is 0 Å². The summed E-state index contributed by atoms with van der Waals surface area (Å²) < 4.78 is 19.5. The Labute approximate surface area is 153 Å². The first-order valence-electron chi connectivity index (χ1n) is 7.82. The topological polar surface area (TPSA) is 55.1 Å². The van der Waals surface area contributed by atoms with Crippen LogP contribution in [0.5, 0.6) is 0 Å². The molecular formula is C19H16BrFN2O2. The summed E-state index contributed by atoms with van der Waals surface area (Å²) >= 11 is 3.39.